The minimum absolute atomic E-state index is 0.0824. The van der Waals surface area contributed by atoms with E-state index in [9.17, 15) is 10.1 Å². The second kappa shape index (κ2) is 8.16. The van der Waals surface area contributed by atoms with Crippen LogP contribution >= 0.6 is 0 Å². The van der Waals surface area contributed by atoms with E-state index in [2.05, 4.69) is 39.5 Å². The molecule has 4 heteroatoms. The van der Waals surface area contributed by atoms with Gasteiger partial charge < -0.3 is 4.90 Å². The lowest BCUT2D eigenvalue weighted by Gasteiger charge is -2.26. The maximum atomic E-state index is 11.5. The zero-order chi connectivity index (χ0) is 16.8. The van der Waals surface area contributed by atoms with Gasteiger partial charge in [-0.2, -0.15) is 0 Å². The van der Waals surface area contributed by atoms with Crippen molar-refractivity contribution in [1.82, 2.24) is 0 Å². The molecule has 0 saturated heterocycles. The summed E-state index contributed by atoms with van der Waals surface area (Å²) in [5, 5.41) is 11.5. The van der Waals surface area contributed by atoms with E-state index in [1.54, 1.807) is 6.07 Å². The van der Waals surface area contributed by atoms with Gasteiger partial charge in [-0.1, -0.05) is 53.5 Å². The van der Waals surface area contributed by atoms with Crippen molar-refractivity contribution in [3.8, 4) is 0 Å². The second-order valence-electron chi connectivity index (χ2n) is 6.90. The number of nitro groups is 1. The highest BCUT2D eigenvalue weighted by Crippen LogP contribution is 2.34. The smallest absolute Gasteiger partial charge is 0.292 e. The number of rotatable bonds is 8. The molecule has 0 aromatic heterocycles. The Labute approximate surface area is 134 Å². The van der Waals surface area contributed by atoms with Gasteiger partial charge in [0.25, 0.3) is 5.69 Å². The van der Waals surface area contributed by atoms with Gasteiger partial charge in [0.2, 0.25) is 0 Å². The van der Waals surface area contributed by atoms with Gasteiger partial charge in [-0.3, -0.25) is 10.1 Å². The SMILES string of the molecule is CCCCN(CCCC)c1ccc(C(C)(C)C)cc1[N+](=O)[O-]. The number of nitro benzene ring substituents is 1. The molecule has 22 heavy (non-hydrogen) atoms. The van der Waals surface area contributed by atoms with Gasteiger partial charge in [0.1, 0.15) is 5.69 Å². The van der Waals surface area contributed by atoms with E-state index in [1.807, 2.05) is 12.1 Å². The first-order valence-corrected chi connectivity index (χ1v) is 8.35. The summed E-state index contributed by atoms with van der Waals surface area (Å²) in [6.45, 7) is 12.3. The number of unbranched alkanes of at least 4 members (excludes halogenated alkanes) is 2. The summed E-state index contributed by atoms with van der Waals surface area (Å²) in [6, 6.07) is 5.72. The van der Waals surface area contributed by atoms with E-state index in [4.69, 9.17) is 0 Å². The van der Waals surface area contributed by atoms with Crippen LogP contribution in [0.15, 0.2) is 18.2 Å². The van der Waals surface area contributed by atoms with Gasteiger partial charge in [0.05, 0.1) is 4.92 Å². The highest BCUT2D eigenvalue weighted by molar-refractivity contribution is 5.65. The summed E-state index contributed by atoms with van der Waals surface area (Å²) in [5.74, 6) is 0. The maximum absolute atomic E-state index is 11.5. The Kier molecular flexibility index (Phi) is 6.85. The predicted octanol–water partition coefficient (Wildman–Crippen LogP) is 5.30. The van der Waals surface area contributed by atoms with Crippen LogP contribution in [0.3, 0.4) is 0 Å². The molecule has 4 nitrogen and oxygen atoms in total. The van der Waals surface area contributed by atoms with Gasteiger partial charge in [0, 0.05) is 19.2 Å². The molecule has 0 unspecified atom stereocenters. The van der Waals surface area contributed by atoms with Crippen molar-refractivity contribution in [2.75, 3.05) is 18.0 Å². The normalized spacial score (nSPS) is 11.5. The van der Waals surface area contributed by atoms with Crippen LogP contribution in [0.4, 0.5) is 11.4 Å². The number of hydrogen-bond donors (Lipinski definition) is 0. The maximum Gasteiger partial charge on any atom is 0.292 e. The lowest BCUT2D eigenvalue weighted by molar-refractivity contribution is -0.384. The van der Waals surface area contributed by atoms with Crippen LogP contribution in [0.1, 0.15) is 65.9 Å². The van der Waals surface area contributed by atoms with Crippen molar-refractivity contribution in [2.45, 2.75) is 65.7 Å². The first kappa shape index (κ1) is 18.5. The minimum atomic E-state index is -0.241. The van der Waals surface area contributed by atoms with Crippen LogP contribution in [0.25, 0.3) is 0 Å². The van der Waals surface area contributed by atoms with Crippen LogP contribution in [0.2, 0.25) is 0 Å². The summed E-state index contributed by atoms with van der Waals surface area (Å²) in [4.78, 5) is 13.5. The Morgan fingerprint density at radius 3 is 2.05 bits per heavy atom. The first-order valence-electron chi connectivity index (χ1n) is 8.35. The van der Waals surface area contributed by atoms with Crippen molar-refractivity contribution >= 4 is 11.4 Å². The Bertz CT molecular complexity index is 484. The fourth-order valence-corrected chi connectivity index (χ4v) is 2.45. The van der Waals surface area contributed by atoms with Crippen LogP contribution in [0.5, 0.6) is 0 Å². The second-order valence-corrected chi connectivity index (χ2v) is 6.90. The Hall–Kier alpha value is -1.58. The monoisotopic (exact) mass is 306 g/mol. The van der Waals surface area contributed by atoms with E-state index >= 15 is 0 Å². The van der Waals surface area contributed by atoms with Crippen LogP contribution in [-0.2, 0) is 5.41 Å². The fourth-order valence-electron chi connectivity index (χ4n) is 2.45. The molecule has 0 atom stereocenters. The zero-order valence-electron chi connectivity index (χ0n) is 14.7. The summed E-state index contributed by atoms with van der Waals surface area (Å²) in [6.07, 6.45) is 4.30. The average molecular weight is 306 g/mol. The van der Waals surface area contributed by atoms with Gasteiger partial charge in [-0.05, 0) is 29.9 Å². The lowest BCUT2D eigenvalue weighted by Crippen LogP contribution is -2.26. The van der Waals surface area contributed by atoms with E-state index in [0.29, 0.717) is 0 Å². The average Bonchev–Trinajstić information content (AvgIpc) is 2.46. The topological polar surface area (TPSA) is 46.4 Å². The van der Waals surface area contributed by atoms with E-state index in [0.717, 1.165) is 50.0 Å². The molecule has 0 radical (unpaired) electrons. The molecule has 0 heterocycles. The molecule has 0 amide bonds. The molecule has 1 aromatic rings. The van der Waals surface area contributed by atoms with Crippen molar-refractivity contribution in [1.29, 1.82) is 0 Å². The van der Waals surface area contributed by atoms with Crippen molar-refractivity contribution in [3.63, 3.8) is 0 Å². The third-order valence-corrected chi connectivity index (χ3v) is 3.94. The van der Waals surface area contributed by atoms with Crippen molar-refractivity contribution in [2.24, 2.45) is 0 Å². The number of benzene rings is 1. The standard InChI is InChI=1S/C18H30N2O2/c1-6-8-12-19(13-9-7-2)16-11-10-15(18(3,4)5)14-17(16)20(21)22/h10-11,14H,6-9,12-13H2,1-5H3. The molecular weight excluding hydrogens is 276 g/mol. The molecule has 1 rings (SSSR count). The van der Waals surface area contributed by atoms with E-state index in [1.165, 1.54) is 0 Å². The third-order valence-electron chi connectivity index (χ3n) is 3.94. The Morgan fingerprint density at radius 1 is 1.09 bits per heavy atom. The minimum Gasteiger partial charge on any atom is -0.366 e. The third kappa shape index (κ3) is 5.00. The van der Waals surface area contributed by atoms with Gasteiger partial charge >= 0.3 is 0 Å². The van der Waals surface area contributed by atoms with Gasteiger partial charge in [0.15, 0.2) is 0 Å². The number of nitrogens with zero attached hydrogens (tertiary/aromatic N) is 2. The lowest BCUT2D eigenvalue weighted by atomic mass is 9.86. The van der Waals surface area contributed by atoms with Crippen LogP contribution < -0.4 is 4.90 Å². The van der Waals surface area contributed by atoms with Gasteiger partial charge in [-0.15, -0.1) is 0 Å². The van der Waals surface area contributed by atoms with E-state index in [-0.39, 0.29) is 16.0 Å². The van der Waals surface area contributed by atoms with Crippen LogP contribution in [-0.4, -0.2) is 18.0 Å². The molecule has 1 aromatic carbocycles. The molecule has 0 aliphatic heterocycles. The largest absolute Gasteiger partial charge is 0.366 e. The predicted molar refractivity (Wildman–Crippen MR) is 93.8 cm³/mol. The highest BCUT2D eigenvalue weighted by Gasteiger charge is 2.23. The molecule has 0 spiro atoms. The van der Waals surface area contributed by atoms with Crippen LogP contribution in [0, 0.1) is 10.1 Å². The molecule has 0 bridgehead atoms. The molecule has 0 aliphatic rings. The number of anilines is 1. The summed E-state index contributed by atoms with van der Waals surface area (Å²) >= 11 is 0. The first-order chi connectivity index (χ1) is 10.3. The summed E-state index contributed by atoms with van der Waals surface area (Å²) in [5.41, 5.74) is 1.93. The molecule has 0 aliphatic carbocycles. The number of hydrogen-bond acceptors (Lipinski definition) is 3. The molecular formula is C18H30N2O2. The fraction of sp³-hybridized carbons (Fsp3) is 0.667. The zero-order valence-corrected chi connectivity index (χ0v) is 14.7. The molecule has 0 N–H and O–H groups in total. The van der Waals surface area contributed by atoms with Gasteiger partial charge in [-0.25, -0.2) is 0 Å². The van der Waals surface area contributed by atoms with Crippen molar-refractivity contribution < 1.29 is 4.92 Å². The van der Waals surface area contributed by atoms with E-state index < -0.39 is 0 Å². The summed E-state index contributed by atoms with van der Waals surface area (Å²) < 4.78 is 0. The molecule has 124 valence electrons. The quantitative estimate of drug-likeness (QED) is 0.483. The van der Waals surface area contributed by atoms with Crippen molar-refractivity contribution in [3.05, 3.63) is 33.9 Å². The molecule has 0 saturated carbocycles. The Balaban J connectivity index is 3.20. The Morgan fingerprint density at radius 2 is 1.64 bits per heavy atom. The highest BCUT2D eigenvalue weighted by atomic mass is 16.6. The molecule has 0 fully saturated rings. The summed E-state index contributed by atoms with van der Waals surface area (Å²) in [7, 11) is 0.